The van der Waals surface area contributed by atoms with Gasteiger partial charge in [-0.1, -0.05) is 13.0 Å². The Labute approximate surface area is 156 Å². The average molecular weight is 380 g/mol. The number of rotatable bonds is 7. The van der Waals surface area contributed by atoms with E-state index in [9.17, 15) is 4.79 Å². The highest BCUT2D eigenvalue weighted by molar-refractivity contribution is 7.99. The van der Waals surface area contributed by atoms with Crippen molar-refractivity contribution in [3.8, 4) is 0 Å². The molecular formula is C16H27Cl2N3OS. The van der Waals surface area contributed by atoms with Crippen molar-refractivity contribution in [1.29, 1.82) is 0 Å². The van der Waals surface area contributed by atoms with Crippen LogP contribution in [0.4, 0.5) is 0 Å². The Hall–Kier alpha value is -0.490. The van der Waals surface area contributed by atoms with Crippen molar-refractivity contribution in [3.63, 3.8) is 0 Å². The maximum absolute atomic E-state index is 12.5. The Bertz CT molecular complexity index is 431. The summed E-state index contributed by atoms with van der Waals surface area (Å²) in [6.07, 6.45) is 4.99. The van der Waals surface area contributed by atoms with Crippen LogP contribution in [-0.2, 0) is 10.5 Å². The van der Waals surface area contributed by atoms with Crippen LogP contribution in [-0.4, -0.2) is 47.2 Å². The molecule has 1 saturated heterocycles. The third-order valence-corrected chi connectivity index (χ3v) is 4.69. The SMILES string of the molecule is CCCN(C(=O)CSCc1ccccn1)C1CCNCC1.Cl.Cl. The molecule has 0 atom stereocenters. The second kappa shape index (κ2) is 12.9. The first-order chi connectivity index (χ1) is 10.3. The fraction of sp³-hybridized carbons (Fsp3) is 0.625. The first kappa shape index (κ1) is 22.5. The van der Waals surface area contributed by atoms with E-state index < -0.39 is 0 Å². The number of thioether (sulfide) groups is 1. The zero-order chi connectivity index (χ0) is 14.9. The molecule has 0 radical (unpaired) electrons. The molecule has 0 unspecified atom stereocenters. The Balaban J connectivity index is 0.00000242. The molecule has 0 bridgehead atoms. The molecule has 1 aromatic rings. The fourth-order valence-corrected chi connectivity index (χ4v) is 3.50. The second-order valence-corrected chi connectivity index (χ2v) is 6.37. The van der Waals surface area contributed by atoms with Crippen molar-refractivity contribution in [1.82, 2.24) is 15.2 Å². The van der Waals surface area contributed by atoms with Crippen molar-refractivity contribution in [2.45, 2.75) is 38.0 Å². The number of pyridine rings is 1. The van der Waals surface area contributed by atoms with Gasteiger partial charge in [-0.2, -0.15) is 0 Å². The number of carbonyl (C=O) groups excluding carboxylic acids is 1. The molecule has 0 aromatic carbocycles. The van der Waals surface area contributed by atoms with Gasteiger partial charge in [-0.3, -0.25) is 9.78 Å². The lowest BCUT2D eigenvalue weighted by molar-refractivity contribution is -0.131. The van der Waals surface area contributed by atoms with E-state index in [1.54, 1.807) is 18.0 Å². The van der Waals surface area contributed by atoms with Crippen molar-refractivity contribution >= 4 is 42.5 Å². The highest BCUT2D eigenvalue weighted by Crippen LogP contribution is 2.16. The molecule has 1 fully saturated rings. The van der Waals surface area contributed by atoms with Crippen molar-refractivity contribution < 1.29 is 4.79 Å². The van der Waals surface area contributed by atoms with Crippen LogP contribution >= 0.6 is 36.6 Å². The Morgan fingerprint density at radius 2 is 2.09 bits per heavy atom. The van der Waals surface area contributed by atoms with E-state index in [2.05, 4.69) is 22.1 Å². The molecule has 4 nitrogen and oxygen atoms in total. The Morgan fingerprint density at radius 1 is 1.35 bits per heavy atom. The Kier molecular flexibility index (Phi) is 12.6. The summed E-state index contributed by atoms with van der Waals surface area (Å²) in [5.74, 6) is 1.64. The Morgan fingerprint density at radius 3 is 2.70 bits per heavy atom. The molecule has 1 aliphatic rings. The minimum atomic E-state index is 0. The minimum Gasteiger partial charge on any atom is -0.339 e. The summed E-state index contributed by atoms with van der Waals surface area (Å²) in [5.41, 5.74) is 1.04. The monoisotopic (exact) mass is 379 g/mol. The summed E-state index contributed by atoms with van der Waals surface area (Å²) in [6.45, 7) is 5.08. The van der Waals surface area contributed by atoms with Crippen LogP contribution < -0.4 is 5.32 Å². The molecule has 1 amide bonds. The van der Waals surface area contributed by atoms with E-state index in [-0.39, 0.29) is 30.7 Å². The maximum atomic E-state index is 12.5. The summed E-state index contributed by atoms with van der Waals surface area (Å²) in [7, 11) is 0. The highest BCUT2D eigenvalue weighted by atomic mass is 35.5. The molecule has 23 heavy (non-hydrogen) atoms. The number of nitrogens with one attached hydrogen (secondary N) is 1. The van der Waals surface area contributed by atoms with Crippen LogP contribution in [0, 0.1) is 0 Å². The van der Waals surface area contributed by atoms with Crippen molar-refractivity contribution in [2.75, 3.05) is 25.4 Å². The number of piperidine rings is 1. The van der Waals surface area contributed by atoms with Gasteiger partial charge in [0.25, 0.3) is 0 Å². The molecule has 132 valence electrons. The molecule has 2 heterocycles. The quantitative estimate of drug-likeness (QED) is 0.789. The molecule has 0 saturated carbocycles. The van der Waals surface area contributed by atoms with Gasteiger partial charge in [-0.25, -0.2) is 0 Å². The number of hydrogen-bond acceptors (Lipinski definition) is 4. The van der Waals surface area contributed by atoms with Gasteiger partial charge in [-0.15, -0.1) is 36.6 Å². The third kappa shape index (κ3) is 7.75. The van der Waals surface area contributed by atoms with Gasteiger partial charge in [0, 0.05) is 24.5 Å². The van der Waals surface area contributed by atoms with Crippen molar-refractivity contribution in [2.24, 2.45) is 0 Å². The van der Waals surface area contributed by atoms with E-state index in [1.807, 2.05) is 18.2 Å². The number of nitrogens with zero attached hydrogens (tertiary/aromatic N) is 2. The van der Waals surface area contributed by atoms with Gasteiger partial charge < -0.3 is 10.2 Å². The van der Waals surface area contributed by atoms with E-state index in [0.29, 0.717) is 11.8 Å². The van der Waals surface area contributed by atoms with E-state index >= 15 is 0 Å². The molecule has 7 heteroatoms. The van der Waals surface area contributed by atoms with Gasteiger partial charge in [-0.05, 0) is 44.5 Å². The van der Waals surface area contributed by atoms with Crippen LogP contribution in [0.15, 0.2) is 24.4 Å². The fourth-order valence-electron chi connectivity index (χ4n) is 2.68. The van der Waals surface area contributed by atoms with Gasteiger partial charge in [0.1, 0.15) is 0 Å². The highest BCUT2D eigenvalue weighted by Gasteiger charge is 2.24. The maximum Gasteiger partial charge on any atom is 0.232 e. The van der Waals surface area contributed by atoms with Crippen LogP contribution in [0.25, 0.3) is 0 Å². The molecule has 1 aromatic heterocycles. The van der Waals surface area contributed by atoms with Crippen molar-refractivity contribution in [3.05, 3.63) is 30.1 Å². The van der Waals surface area contributed by atoms with Gasteiger partial charge in [0.05, 0.1) is 11.4 Å². The first-order valence-electron chi connectivity index (χ1n) is 7.79. The van der Waals surface area contributed by atoms with Gasteiger partial charge >= 0.3 is 0 Å². The summed E-state index contributed by atoms with van der Waals surface area (Å²) < 4.78 is 0. The van der Waals surface area contributed by atoms with E-state index in [0.717, 1.165) is 50.3 Å². The molecule has 1 aliphatic heterocycles. The summed E-state index contributed by atoms with van der Waals surface area (Å²) in [6, 6.07) is 6.34. The first-order valence-corrected chi connectivity index (χ1v) is 8.94. The van der Waals surface area contributed by atoms with Gasteiger partial charge in [0.15, 0.2) is 0 Å². The number of carbonyl (C=O) groups is 1. The average Bonchev–Trinajstić information content (AvgIpc) is 2.54. The number of aromatic nitrogens is 1. The standard InChI is InChI=1S/C16H25N3OS.2ClH/c1-2-11-19(15-6-9-17-10-7-15)16(20)13-21-12-14-5-3-4-8-18-14;;/h3-5,8,15,17H,2,6-7,9-13H2,1H3;2*1H. The largest absolute Gasteiger partial charge is 0.339 e. The van der Waals surface area contributed by atoms with Crippen LogP contribution in [0.5, 0.6) is 0 Å². The number of hydrogen-bond donors (Lipinski definition) is 1. The minimum absolute atomic E-state index is 0. The lowest BCUT2D eigenvalue weighted by Gasteiger charge is -2.34. The lowest BCUT2D eigenvalue weighted by Crippen LogP contribution is -2.47. The smallest absolute Gasteiger partial charge is 0.232 e. The van der Waals surface area contributed by atoms with Crippen LogP contribution in [0.3, 0.4) is 0 Å². The summed E-state index contributed by atoms with van der Waals surface area (Å²) in [4.78, 5) is 18.9. The topological polar surface area (TPSA) is 45.2 Å². The summed E-state index contributed by atoms with van der Waals surface area (Å²) in [5, 5.41) is 3.36. The predicted molar refractivity (Wildman–Crippen MR) is 103 cm³/mol. The zero-order valence-corrected chi connectivity index (χ0v) is 16.0. The molecule has 0 aliphatic carbocycles. The van der Waals surface area contributed by atoms with E-state index in [4.69, 9.17) is 0 Å². The van der Waals surface area contributed by atoms with Gasteiger partial charge in [0.2, 0.25) is 5.91 Å². The zero-order valence-electron chi connectivity index (χ0n) is 13.6. The normalized spacial score (nSPS) is 14.5. The van der Waals surface area contributed by atoms with Crippen LogP contribution in [0.2, 0.25) is 0 Å². The van der Waals surface area contributed by atoms with Crippen LogP contribution in [0.1, 0.15) is 31.9 Å². The molecular weight excluding hydrogens is 353 g/mol. The predicted octanol–water partition coefficient (Wildman–Crippen LogP) is 3.15. The lowest BCUT2D eigenvalue weighted by atomic mass is 10.0. The van der Waals surface area contributed by atoms with E-state index in [1.165, 1.54) is 0 Å². The molecule has 0 spiro atoms. The molecule has 1 N–H and O–H groups in total. The number of amides is 1. The molecule has 2 rings (SSSR count). The summed E-state index contributed by atoms with van der Waals surface area (Å²) >= 11 is 1.66. The number of halogens is 2. The second-order valence-electron chi connectivity index (χ2n) is 5.38. The third-order valence-electron chi connectivity index (χ3n) is 3.74.